The second-order valence-electron chi connectivity index (χ2n) is 4.75. The summed E-state index contributed by atoms with van der Waals surface area (Å²) in [7, 11) is 0. The lowest BCUT2D eigenvalue weighted by atomic mass is 10.2. The van der Waals surface area contributed by atoms with E-state index in [0.717, 1.165) is 31.9 Å². The highest BCUT2D eigenvalue weighted by Crippen LogP contribution is 2.25. The maximum Gasteiger partial charge on any atom is 0.0719 e. The number of morpholine rings is 1. The molecule has 2 saturated heterocycles. The average molecular weight is 222 g/mol. The van der Waals surface area contributed by atoms with E-state index in [-0.39, 0.29) is 0 Å². The van der Waals surface area contributed by atoms with Crippen molar-refractivity contribution in [1.82, 2.24) is 14.7 Å². The van der Waals surface area contributed by atoms with Crippen molar-refractivity contribution in [3.63, 3.8) is 0 Å². The zero-order valence-corrected chi connectivity index (χ0v) is 9.38. The number of fused-ring (bicyclic) bond motifs is 2. The first-order chi connectivity index (χ1) is 7.79. The molecule has 1 aromatic heterocycles. The van der Waals surface area contributed by atoms with Crippen molar-refractivity contribution in [1.29, 1.82) is 0 Å². The summed E-state index contributed by atoms with van der Waals surface area (Å²) in [5.74, 6) is 0. The summed E-state index contributed by atoms with van der Waals surface area (Å²) in [6.07, 6.45) is 6.99. The molecule has 0 aliphatic carbocycles. The van der Waals surface area contributed by atoms with Crippen molar-refractivity contribution >= 4 is 5.69 Å². The second kappa shape index (κ2) is 4.07. The number of likely N-dealkylation sites (tertiary alicyclic amines) is 1. The molecule has 3 heterocycles. The molecule has 5 heteroatoms. The van der Waals surface area contributed by atoms with Crippen LogP contribution in [0.1, 0.15) is 12.8 Å². The van der Waals surface area contributed by atoms with Gasteiger partial charge in [-0.15, -0.1) is 0 Å². The first-order valence-electron chi connectivity index (χ1n) is 5.95. The third kappa shape index (κ3) is 2.05. The lowest BCUT2D eigenvalue weighted by Crippen LogP contribution is -2.43. The Hall–Kier alpha value is -1.07. The molecule has 2 aliphatic heterocycles. The van der Waals surface area contributed by atoms with Gasteiger partial charge in [0, 0.05) is 25.8 Å². The minimum absolute atomic E-state index is 0.474. The van der Waals surface area contributed by atoms with Crippen LogP contribution in [0.2, 0.25) is 0 Å². The highest BCUT2D eigenvalue weighted by molar-refractivity contribution is 5.30. The van der Waals surface area contributed by atoms with Crippen LogP contribution in [0.3, 0.4) is 0 Å². The minimum Gasteiger partial charge on any atom is -0.396 e. The van der Waals surface area contributed by atoms with Gasteiger partial charge in [0.2, 0.25) is 0 Å². The Morgan fingerprint density at radius 3 is 2.69 bits per heavy atom. The molecule has 0 spiro atoms. The van der Waals surface area contributed by atoms with E-state index in [1.54, 1.807) is 6.20 Å². The van der Waals surface area contributed by atoms with Gasteiger partial charge in [-0.3, -0.25) is 9.58 Å². The number of hydrogen-bond acceptors (Lipinski definition) is 4. The number of hydrogen-bond donors (Lipinski definition) is 1. The quantitative estimate of drug-likeness (QED) is 0.800. The van der Waals surface area contributed by atoms with Crippen LogP contribution in [0.15, 0.2) is 12.4 Å². The van der Waals surface area contributed by atoms with Gasteiger partial charge < -0.3 is 10.5 Å². The van der Waals surface area contributed by atoms with Gasteiger partial charge >= 0.3 is 0 Å². The third-order valence-electron chi connectivity index (χ3n) is 3.42. The van der Waals surface area contributed by atoms with E-state index < -0.39 is 0 Å². The van der Waals surface area contributed by atoms with Gasteiger partial charge in [-0.2, -0.15) is 5.10 Å². The monoisotopic (exact) mass is 222 g/mol. The molecule has 2 N–H and O–H groups in total. The predicted molar refractivity (Wildman–Crippen MR) is 61.0 cm³/mol. The summed E-state index contributed by atoms with van der Waals surface area (Å²) >= 11 is 0. The van der Waals surface area contributed by atoms with E-state index in [9.17, 15) is 0 Å². The van der Waals surface area contributed by atoms with Gasteiger partial charge in [0.1, 0.15) is 0 Å². The van der Waals surface area contributed by atoms with Crippen molar-refractivity contribution in [3.8, 4) is 0 Å². The topological polar surface area (TPSA) is 56.3 Å². The number of ether oxygens (including phenoxy) is 1. The molecule has 88 valence electrons. The van der Waals surface area contributed by atoms with Crippen LogP contribution in [0.5, 0.6) is 0 Å². The highest BCUT2D eigenvalue weighted by Gasteiger charge is 2.33. The summed E-state index contributed by atoms with van der Waals surface area (Å²) in [4.78, 5) is 2.48. The van der Waals surface area contributed by atoms with Gasteiger partial charge in [-0.25, -0.2) is 0 Å². The Kier molecular flexibility index (Phi) is 2.57. The molecule has 0 amide bonds. The second-order valence-corrected chi connectivity index (χ2v) is 4.75. The normalized spacial score (nSPS) is 29.8. The van der Waals surface area contributed by atoms with Crippen LogP contribution < -0.4 is 5.73 Å². The summed E-state index contributed by atoms with van der Waals surface area (Å²) in [6.45, 7) is 4.11. The smallest absolute Gasteiger partial charge is 0.0719 e. The summed E-state index contributed by atoms with van der Waals surface area (Å²) in [6, 6.07) is 0. The van der Waals surface area contributed by atoms with E-state index in [1.807, 2.05) is 10.9 Å². The molecule has 16 heavy (non-hydrogen) atoms. The van der Waals surface area contributed by atoms with E-state index in [4.69, 9.17) is 10.5 Å². The predicted octanol–water partition coefficient (Wildman–Crippen LogP) is 0.329. The number of nitrogens with zero attached hydrogens (tertiary/aromatic N) is 3. The number of nitrogens with two attached hydrogens (primary N) is 1. The SMILES string of the molecule is Nc1cnn(CCN2CC3CCC(C2)O3)c1. The Balaban J connectivity index is 1.52. The fourth-order valence-electron chi connectivity index (χ4n) is 2.63. The van der Waals surface area contributed by atoms with Crippen LogP contribution in [-0.4, -0.2) is 46.5 Å². The number of nitrogen functional groups attached to an aromatic ring is 1. The van der Waals surface area contributed by atoms with Crippen LogP contribution in [0.4, 0.5) is 5.69 Å². The molecule has 2 unspecified atom stereocenters. The van der Waals surface area contributed by atoms with E-state index >= 15 is 0 Å². The van der Waals surface area contributed by atoms with Gasteiger partial charge in [0.15, 0.2) is 0 Å². The lowest BCUT2D eigenvalue weighted by Gasteiger charge is -2.31. The van der Waals surface area contributed by atoms with Crippen molar-refractivity contribution in [3.05, 3.63) is 12.4 Å². The van der Waals surface area contributed by atoms with E-state index in [0.29, 0.717) is 12.2 Å². The van der Waals surface area contributed by atoms with E-state index in [1.165, 1.54) is 12.8 Å². The molecule has 5 nitrogen and oxygen atoms in total. The van der Waals surface area contributed by atoms with Crippen molar-refractivity contribution in [2.24, 2.45) is 0 Å². The van der Waals surface area contributed by atoms with Crippen molar-refractivity contribution in [2.75, 3.05) is 25.4 Å². The zero-order chi connectivity index (χ0) is 11.0. The van der Waals surface area contributed by atoms with Crippen LogP contribution in [-0.2, 0) is 11.3 Å². The average Bonchev–Trinajstić information content (AvgIpc) is 2.83. The Morgan fingerprint density at radius 1 is 1.31 bits per heavy atom. The fourth-order valence-corrected chi connectivity index (χ4v) is 2.63. The molecular formula is C11H18N4O. The molecule has 2 bridgehead atoms. The van der Waals surface area contributed by atoms with Crippen molar-refractivity contribution in [2.45, 2.75) is 31.6 Å². The molecule has 0 radical (unpaired) electrons. The van der Waals surface area contributed by atoms with Crippen LogP contribution in [0, 0.1) is 0 Å². The Bertz CT molecular complexity index is 353. The number of anilines is 1. The van der Waals surface area contributed by atoms with E-state index in [2.05, 4.69) is 10.00 Å². The molecule has 0 aromatic carbocycles. The lowest BCUT2D eigenvalue weighted by molar-refractivity contribution is -0.0392. The van der Waals surface area contributed by atoms with Crippen LogP contribution >= 0.6 is 0 Å². The summed E-state index contributed by atoms with van der Waals surface area (Å²) in [5, 5.41) is 4.19. The molecule has 2 atom stereocenters. The Morgan fingerprint density at radius 2 is 2.06 bits per heavy atom. The highest BCUT2D eigenvalue weighted by atomic mass is 16.5. The molecule has 1 aromatic rings. The minimum atomic E-state index is 0.474. The molecule has 0 saturated carbocycles. The first-order valence-corrected chi connectivity index (χ1v) is 5.95. The molecule has 2 aliphatic rings. The number of aromatic nitrogens is 2. The van der Waals surface area contributed by atoms with Crippen LogP contribution in [0.25, 0.3) is 0 Å². The molecular weight excluding hydrogens is 204 g/mol. The fraction of sp³-hybridized carbons (Fsp3) is 0.727. The first kappa shape index (κ1) is 10.1. The summed E-state index contributed by atoms with van der Waals surface area (Å²) < 4.78 is 7.71. The zero-order valence-electron chi connectivity index (χ0n) is 9.38. The summed E-state index contributed by atoms with van der Waals surface area (Å²) in [5.41, 5.74) is 6.36. The standard InChI is InChI=1S/C11H18N4O/c12-9-5-13-15(6-9)4-3-14-7-10-1-2-11(8-14)16-10/h5-6,10-11H,1-4,7-8,12H2. The van der Waals surface area contributed by atoms with Gasteiger partial charge in [-0.1, -0.05) is 0 Å². The number of rotatable bonds is 3. The third-order valence-corrected chi connectivity index (χ3v) is 3.42. The largest absolute Gasteiger partial charge is 0.396 e. The van der Waals surface area contributed by atoms with Gasteiger partial charge in [0.25, 0.3) is 0 Å². The van der Waals surface area contributed by atoms with Gasteiger partial charge in [-0.05, 0) is 12.8 Å². The Labute approximate surface area is 95.2 Å². The van der Waals surface area contributed by atoms with Crippen molar-refractivity contribution < 1.29 is 4.74 Å². The molecule has 2 fully saturated rings. The molecule has 3 rings (SSSR count). The maximum atomic E-state index is 5.80. The maximum absolute atomic E-state index is 5.80. The van der Waals surface area contributed by atoms with Gasteiger partial charge in [0.05, 0.1) is 30.6 Å².